The van der Waals surface area contributed by atoms with Gasteiger partial charge < -0.3 is 0 Å². The van der Waals surface area contributed by atoms with E-state index < -0.39 is 0 Å². The molecule has 0 aliphatic heterocycles. The Morgan fingerprint density at radius 2 is 1.37 bits per heavy atom. The largest absolute Gasteiger partial charge is 0.264 e. The van der Waals surface area contributed by atoms with Crippen molar-refractivity contribution in [2.24, 2.45) is 5.10 Å². The molecule has 2 heterocycles. The molecule has 0 spiro atoms. The molecule has 130 valence electrons. The lowest BCUT2D eigenvalue weighted by Gasteiger charge is -2.08. The van der Waals surface area contributed by atoms with Crippen molar-refractivity contribution in [1.29, 1.82) is 0 Å². The number of hydrogen-bond acceptors (Lipinski definition) is 5. The monoisotopic (exact) mass is 351 g/mol. The fraction of sp³-hybridized carbons (Fsp3) is 0. The second-order valence-electron chi connectivity index (χ2n) is 5.85. The van der Waals surface area contributed by atoms with Crippen LogP contribution in [-0.2, 0) is 0 Å². The number of anilines is 1. The van der Waals surface area contributed by atoms with Crippen LogP contribution in [0.1, 0.15) is 5.56 Å². The van der Waals surface area contributed by atoms with E-state index in [-0.39, 0.29) is 0 Å². The Morgan fingerprint density at radius 1 is 0.741 bits per heavy atom. The highest BCUT2D eigenvalue weighted by Crippen LogP contribution is 2.24. The first-order valence-corrected chi connectivity index (χ1v) is 8.57. The number of nitrogens with one attached hydrogen (secondary N) is 1. The predicted molar refractivity (Wildman–Crippen MR) is 108 cm³/mol. The summed E-state index contributed by atoms with van der Waals surface area (Å²) in [7, 11) is 0. The van der Waals surface area contributed by atoms with Crippen LogP contribution in [0.3, 0.4) is 0 Å². The normalized spacial score (nSPS) is 10.8. The number of hydrazone groups is 1. The maximum Gasteiger partial charge on any atom is 0.244 e. The summed E-state index contributed by atoms with van der Waals surface area (Å²) in [4.78, 5) is 13.3. The molecule has 0 fully saturated rings. The van der Waals surface area contributed by atoms with E-state index in [0.29, 0.717) is 5.95 Å². The lowest BCUT2D eigenvalue weighted by atomic mass is 10.1. The van der Waals surface area contributed by atoms with E-state index in [9.17, 15) is 0 Å². The molecule has 2 aromatic carbocycles. The van der Waals surface area contributed by atoms with Gasteiger partial charge in [-0.15, -0.1) is 0 Å². The van der Waals surface area contributed by atoms with Gasteiger partial charge in [-0.05, 0) is 12.1 Å². The molecular formula is C22H17N5. The molecule has 0 atom stereocenters. The van der Waals surface area contributed by atoms with Gasteiger partial charge in [0.1, 0.15) is 0 Å². The van der Waals surface area contributed by atoms with Crippen molar-refractivity contribution in [2.75, 3.05) is 5.43 Å². The molecule has 0 bridgehead atoms. The molecule has 0 aliphatic carbocycles. The Labute approximate surface area is 157 Å². The number of aromatic nitrogens is 3. The van der Waals surface area contributed by atoms with Gasteiger partial charge in [-0.3, -0.25) is 4.98 Å². The van der Waals surface area contributed by atoms with Crippen molar-refractivity contribution in [3.63, 3.8) is 0 Å². The molecule has 0 radical (unpaired) electrons. The van der Waals surface area contributed by atoms with E-state index >= 15 is 0 Å². The standard InChI is InChI=1S/C22H17N5/c1-3-9-18(10-4-1)20-14-21(19-11-5-2-6-12-19)26-22(25-20)27-24-16-17-8-7-13-23-15-17/h1-16H,(H,25,26,27)/b24-16-. The first kappa shape index (κ1) is 16.6. The zero-order valence-corrected chi connectivity index (χ0v) is 14.5. The zero-order valence-electron chi connectivity index (χ0n) is 14.5. The minimum atomic E-state index is 0.440. The van der Waals surface area contributed by atoms with Crippen molar-refractivity contribution < 1.29 is 0 Å². The van der Waals surface area contributed by atoms with Gasteiger partial charge in [-0.1, -0.05) is 66.7 Å². The molecule has 5 nitrogen and oxygen atoms in total. The minimum absolute atomic E-state index is 0.440. The van der Waals surface area contributed by atoms with Crippen molar-refractivity contribution >= 4 is 12.2 Å². The van der Waals surface area contributed by atoms with E-state index in [4.69, 9.17) is 0 Å². The summed E-state index contributed by atoms with van der Waals surface area (Å²) < 4.78 is 0. The summed E-state index contributed by atoms with van der Waals surface area (Å²) in [5.41, 5.74) is 7.55. The van der Waals surface area contributed by atoms with Gasteiger partial charge in [-0.25, -0.2) is 15.4 Å². The van der Waals surface area contributed by atoms with E-state index in [1.165, 1.54) is 0 Å². The number of hydrogen-bond donors (Lipinski definition) is 1. The van der Waals surface area contributed by atoms with Gasteiger partial charge in [0.25, 0.3) is 0 Å². The Hall–Kier alpha value is -3.86. The van der Waals surface area contributed by atoms with Crippen LogP contribution in [0.5, 0.6) is 0 Å². The predicted octanol–water partition coefficient (Wildman–Crippen LogP) is 4.65. The second-order valence-corrected chi connectivity index (χ2v) is 5.85. The quantitative estimate of drug-likeness (QED) is 0.420. The molecule has 5 heteroatoms. The number of benzene rings is 2. The molecule has 0 amide bonds. The van der Waals surface area contributed by atoms with Gasteiger partial charge in [-0.2, -0.15) is 5.10 Å². The van der Waals surface area contributed by atoms with Crippen LogP contribution in [0.4, 0.5) is 5.95 Å². The molecule has 4 rings (SSSR count). The molecule has 0 aliphatic rings. The van der Waals surface area contributed by atoms with Crippen LogP contribution in [0.15, 0.2) is 96.4 Å². The second kappa shape index (κ2) is 8.01. The Kier molecular flexibility index (Phi) is 4.93. The summed E-state index contributed by atoms with van der Waals surface area (Å²) in [5.74, 6) is 0.440. The first-order valence-electron chi connectivity index (χ1n) is 8.57. The van der Waals surface area contributed by atoms with Crippen molar-refractivity contribution in [1.82, 2.24) is 15.0 Å². The Bertz CT molecular complexity index is 974. The molecule has 27 heavy (non-hydrogen) atoms. The molecule has 2 aromatic heterocycles. The van der Waals surface area contributed by atoms with E-state index in [2.05, 4.69) is 25.5 Å². The van der Waals surface area contributed by atoms with Gasteiger partial charge in [0.15, 0.2) is 0 Å². The zero-order chi connectivity index (χ0) is 18.3. The molecule has 0 saturated carbocycles. The van der Waals surface area contributed by atoms with Crippen molar-refractivity contribution in [3.05, 3.63) is 96.8 Å². The van der Waals surface area contributed by atoms with E-state index in [1.807, 2.05) is 78.9 Å². The lowest BCUT2D eigenvalue weighted by Crippen LogP contribution is -2.00. The Morgan fingerprint density at radius 3 is 1.93 bits per heavy atom. The SMILES string of the molecule is C(=N/Nc1nc(-c2ccccc2)cc(-c2ccccc2)n1)/c1cccnc1. The molecular weight excluding hydrogens is 334 g/mol. The van der Waals surface area contributed by atoms with Crippen LogP contribution in [-0.4, -0.2) is 21.2 Å². The third kappa shape index (κ3) is 4.22. The maximum absolute atomic E-state index is 4.61. The number of nitrogens with zero attached hydrogens (tertiary/aromatic N) is 4. The van der Waals surface area contributed by atoms with Gasteiger partial charge >= 0.3 is 0 Å². The third-order valence-electron chi connectivity index (χ3n) is 3.93. The van der Waals surface area contributed by atoms with Crippen LogP contribution in [0.25, 0.3) is 22.5 Å². The van der Waals surface area contributed by atoms with Crippen molar-refractivity contribution in [2.45, 2.75) is 0 Å². The lowest BCUT2D eigenvalue weighted by molar-refractivity contribution is 1.12. The molecule has 4 aromatic rings. The fourth-order valence-corrected chi connectivity index (χ4v) is 2.63. The third-order valence-corrected chi connectivity index (χ3v) is 3.93. The van der Waals surface area contributed by atoms with Crippen LogP contribution in [0.2, 0.25) is 0 Å². The average molecular weight is 351 g/mol. The fourth-order valence-electron chi connectivity index (χ4n) is 2.63. The smallest absolute Gasteiger partial charge is 0.244 e. The molecule has 0 unspecified atom stereocenters. The van der Waals surface area contributed by atoms with Gasteiger partial charge in [0.05, 0.1) is 17.6 Å². The summed E-state index contributed by atoms with van der Waals surface area (Å²) in [6, 6.07) is 25.8. The van der Waals surface area contributed by atoms with E-state index in [0.717, 1.165) is 28.1 Å². The van der Waals surface area contributed by atoms with Crippen LogP contribution >= 0.6 is 0 Å². The summed E-state index contributed by atoms with van der Waals surface area (Å²) in [5, 5.41) is 4.24. The highest BCUT2D eigenvalue weighted by Gasteiger charge is 2.08. The topological polar surface area (TPSA) is 63.1 Å². The number of rotatable bonds is 5. The van der Waals surface area contributed by atoms with Crippen molar-refractivity contribution in [3.8, 4) is 22.5 Å². The maximum atomic E-state index is 4.61. The summed E-state index contributed by atoms with van der Waals surface area (Å²) >= 11 is 0. The highest BCUT2D eigenvalue weighted by molar-refractivity contribution is 5.79. The van der Waals surface area contributed by atoms with Gasteiger partial charge in [0, 0.05) is 29.1 Å². The number of pyridine rings is 1. The molecule has 1 N–H and O–H groups in total. The minimum Gasteiger partial charge on any atom is -0.264 e. The molecule has 0 saturated heterocycles. The van der Waals surface area contributed by atoms with E-state index in [1.54, 1.807) is 18.6 Å². The average Bonchev–Trinajstić information content (AvgIpc) is 2.76. The van der Waals surface area contributed by atoms with Crippen LogP contribution < -0.4 is 5.43 Å². The summed E-state index contributed by atoms with van der Waals surface area (Å²) in [6.07, 6.45) is 5.15. The summed E-state index contributed by atoms with van der Waals surface area (Å²) in [6.45, 7) is 0. The Balaban J connectivity index is 1.69. The highest BCUT2D eigenvalue weighted by atomic mass is 15.3. The first-order chi connectivity index (χ1) is 13.4. The van der Waals surface area contributed by atoms with Gasteiger partial charge in [0.2, 0.25) is 5.95 Å². The van der Waals surface area contributed by atoms with Crippen LogP contribution in [0, 0.1) is 0 Å².